The Morgan fingerprint density at radius 2 is 2.35 bits per heavy atom. The maximum absolute atomic E-state index is 11.7. The summed E-state index contributed by atoms with van der Waals surface area (Å²) in [5, 5.41) is 8.58. The summed E-state index contributed by atoms with van der Waals surface area (Å²) in [4.78, 5) is 20.8. The molecule has 20 heavy (non-hydrogen) atoms. The van der Waals surface area contributed by atoms with E-state index in [1.54, 1.807) is 18.1 Å². The molecule has 0 radical (unpaired) electrons. The Labute approximate surface area is 116 Å². The van der Waals surface area contributed by atoms with Gasteiger partial charge in [0.15, 0.2) is 0 Å². The minimum absolute atomic E-state index is 0.122. The van der Waals surface area contributed by atoms with Crippen LogP contribution in [0.3, 0.4) is 0 Å². The van der Waals surface area contributed by atoms with E-state index < -0.39 is 0 Å². The molecule has 1 N–H and O–H groups in total. The molecule has 2 aromatic rings. The number of fused-ring (bicyclic) bond motifs is 1. The van der Waals surface area contributed by atoms with Crippen LogP contribution in [0.4, 0.5) is 5.69 Å². The molecule has 1 aliphatic rings. The van der Waals surface area contributed by atoms with Crippen LogP contribution in [0.15, 0.2) is 24.4 Å². The lowest BCUT2D eigenvalue weighted by molar-refractivity contribution is -0.117. The number of hydrogen-bond donors (Lipinski definition) is 1. The topological polar surface area (TPSA) is 72.8 Å². The number of nitrogens with zero attached hydrogens (tertiary/aromatic N) is 3. The summed E-state index contributed by atoms with van der Waals surface area (Å²) in [6.07, 6.45) is 3.31. The van der Waals surface area contributed by atoms with E-state index in [9.17, 15) is 4.79 Å². The Kier molecular flexibility index (Phi) is 2.99. The molecule has 1 aromatic carbocycles. The normalized spacial score (nSPS) is 13.4. The highest BCUT2D eigenvalue weighted by Crippen LogP contribution is 2.31. The quantitative estimate of drug-likeness (QED) is 0.924. The van der Waals surface area contributed by atoms with E-state index in [1.807, 2.05) is 18.2 Å². The number of likely N-dealkylation sites (N-methyl/N-ethyl adjacent to an activating group) is 1. The van der Waals surface area contributed by atoms with Crippen LogP contribution in [0, 0.1) is 11.3 Å². The first-order valence-electron chi connectivity index (χ1n) is 6.49. The van der Waals surface area contributed by atoms with Crippen molar-refractivity contribution >= 4 is 11.6 Å². The van der Waals surface area contributed by atoms with Gasteiger partial charge in [-0.05, 0) is 23.3 Å². The number of amides is 1. The largest absolute Gasteiger partial charge is 0.342 e. The number of anilines is 1. The molecule has 5 nitrogen and oxygen atoms in total. The van der Waals surface area contributed by atoms with Gasteiger partial charge < -0.3 is 9.88 Å². The van der Waals surface area contributed by atoms with E-state index in [0.717, 1.165) is 28.3 Å². The average Bonchev–Trinajstić information content (AvgIpc) is 3.02. The van der Waals surface area contributed by atoms with Crippen molar-refractivity contribution in [3.05, 3.63) is 35.8 Å². The molecule has 0 atom stereocenters. The van der Waals surface area contributed by atoms with E-state index >= 15 is 0 Å². The van der Waals surface area contributed by atoms with Crippen molar-refractivity contribution < 1.29 is 4.79 Å². The minimum Gasteiger partial charge on any atom is -0.342 e. The zero-order valence-corrected chi connectivity index (χ0v) is 11.2. The van der Waals surface area contributed by atoms with E-state index in [0.29, 0.717) is 19.3 Å². The number of aryl methyl sites for hydroxylation is 1. The number of nitrogens with one attached hydrogen (secondary N) is 1. The summed E-state index contributed by atoms with van der Waals surface area (Å²) in [7, 11) is 1.80. The van der Waals surface area contributed by atoms with Gasteiger partial charge in [0.2, 0.25) is 5.91 Å². The molecule has 0 saturated carbocycles. The maximum atomic E-state index is 11.7. The fraction of sp³-hybridized carbons (Fsp3) is 0.267. The third-order valence-electron chi connectivity index (χ3n) is 3.57. The Hall–Kier alpha value is -2.61. The standard InChI is InChI=1S/C15H14N4O/c1-19-13-5-4-10(7-11(13)8-15(19)20)12-9-17-14(18-12)3-2-6-16/h4-5,7,9H,2-3,8H2,1H3,(H,17,18). The molecule has 0 unspecified atom stereocenters. The molecular formula is C15H14N4O. The number of carbonyl (C=O) groups excluding carboxylic acids is 1. The second-order valence-electron chi connectivity index (χ2n) is 4.87. The van der Waals surface area contributed by atoms with Crippen LogP contribution in [0.25, 0.3) is 11.3 Å². The van der Waals surface area contributed by atoms with E-state index in [2.05, 4.69) is 16.0 Å². The van der Waals surface area contributed by atoms with Crippen LogP contribution in [0.1, 0.15) is 17.8 Å². The van der Waals surface area contributed by atoms with Crippen molar-refractivity contribution in [1.82, 2.24) is 9.97 Å². The molecule has 0 saturated heterocycles. The van der Waals surface area contributed by atoms with Crippen molar-refractivity contribution in [3.8, 4) is 17.3 Å². The molecule has 0 bridgehead atoms. The lowest BCUT2D eigenvalue weighted by Crippen LogP contribution is -2.20. The average molecular weight is 266 g/mol. The SMILES string of the molecule is CN1C(=O)Cc2cc(-c3cnc(CCC#N)[nH]3)ccc21. The maximum Gasteiger partial charge on any atom is 0.231 e. The first-order chi connectivity index (χ1) is 9.69. The molecular weight excluding hydrogens is 252 g/mol. The monoisotopic (exact) mass is 266 g/mol. The van der Waals surface area contributed by atoms with Crippen molar-refractivity contribution in [2.75, 3.05) is 11.9 Å². The molecule has 3 rings (SSSR count). The molecule has 0 aliphatic carbocycles. The van der Waals surface area contributed by atoms with Crippen LogP contribution in [-0.4, -0.2) is 22.9 Å². The van der Waals surface area contributed by atoms with Crippen LogP contribution >= 0.6 is 0 Å². The Balaban J connectivity index is 1.89. The lowest BCUT2D eigenvalue weighted by atomic mass is 10.1. The number of benzene rings is 1. The van der Waals surface area contributed by atoms with Gasteiger partial charge in [-0.2, -0.15) is 5.26 Å². The first-order valence-corrected chi connectivity index (χ1v) is 6.49. The van der Waals surface area contributed by atoms with Gasteiger partial charge in [-0.1, -0.05) is 6.07 Å². The summed E-state index contributed by atoms with van der Waals surface area (Å²) >= 11 is 0. The molecule has 1 aromatic heterocycles. The molecule has 0 fully saturated rings. The van der Waals surface area contributed by atoms with Gasteiger partial charge >= 0.3 is 0 Å². The molecule has 2 heterocycles. The number of aromatic amines is 1. The van der Waals surface area contributed by atoms with Gasteiger partial charge in [0.1, 0.15) is 5.82 Å². The number of carbonyl (C=O) groups is 1. The Morgan fingerprint density at radius 3 is 3.15 bits per heavy atom. The zero-order valence-electron chi connectivity index (χ0n) is 11.2. The van der Waals surface area contributed by atoms with E-state index in [1.165, 1.54) is 0 Å². The number of hydrogen-bond acceptors (Lipinski definition) is 3. The van der Waals surface area contributed by atoms with E-state index in [-0.39, 0.29) is 5.91 Å². The summed E-state index contributed by atoms with van der Waals surface area (Å²) in [5.74, 6) is 0.937. The number of H-pyrrole nitrogens is 1. The van der Waals surface area contributed by atoms with Crippen molar-refractivity contribution in [2.45, 2.75) is 19.3 Å². The van der Waals surface area contributed by atoms with Crippen molar-refractivity contribution in [2.24, 2.45) is 0 Å². The lowest BCUT2D eigenvalue weighted by Gasteiger charge is -2.10. The summed E-state index contributed by atoms with van der Waals surface area (Å²) in [5.41, 5.74) is 3.96. The fourth-order valence-corrected chi connectivity index (χ4v) is 2.45. The van der Waals surface area contributed by atoms with Gasteiger partial charge in [-0.15, -0.1) is 0 Å². The first kappa shape index (κ1) is 12.4. The number of nitriles is 1. The highest BCUT2D eigenvalue weighted by Gasteiger charge is 2.24. The number of rotatable bonds is 3. The Bertz CT molecular complexity index is 711. The fourth-order valence-electron chi connectivity index (χ4n) is 2.45. The number of imidazole rings is 1. The third kappa shape index (κ3) is 2.05. The van der Waals surface area contributed by atoms with Crippen molar-refractivity contribution in [3.63, 3.8) is 0 Å². The highest BCUT2D eigenvalue weighted by molar-refractivity contribution is 6.01. The van der Waals surface area contributed by atoms with Gasteiger partial charge in [0.05, 0.1) is 24.4 Å². The van der Waals surface area contributed by atoms with Crippen LogP contribution in [0.5, 0.6) is 0 Å². The van der Waals surface area contributed by atoms with Crippen LogP contribution < -0.4 is 4.90 Å². The Morgan fingerprint density at radius 1 is 1.50 bits per heavy atom. The molecule has 1 aliphatic heterocycles. The van der Waals surface area contributed by atoms with Gasteiger partial charge in [0.25, 0.3) is 0 Å². The molecule has 100 valence electrons. The predicted molar refractivity (Wildman–Crippen MR) is 75.1 cm³/mol. The summed E-state index contributed by atoms with van der Waals surface area (Å²) in [6, 6.07) is 8.08. The van der Waals surface area contributed by atoms with Gasteiger partial charge in [-0.3, -0.25) is 4.79 Å². The third-order valence-corrected chi connectivity index (χ3v) is 3.57. The zero-order chi connectivity index (χ0) is 14.1. The molecule has 0 spiro atoms. The van der Waals surface area contributed by atoms with Gasteiger partial charge in [-0.25, -0.2) is 4.98 Å². The number of aromatic nitrogens is 2. The second-order valence-corrected chi connectivity index (χ2v) is 4.87. The highest BCUT2D eigenvalue weighted by atomic mass is 16.2. The summed E-state index contributed by atoms with van der Waals surface area (Å²) in [6.45, 7) is 0. The molecule has 1 amide bonds. The second kappa shape index (κ2) is 4.82. The van der Waals surface area contributed by atoms with Crippen molar-refractivity contribution in [1.29, 1.82) is 5.26 Å². The van der Waals surface area contributed by atoms with Crippen LogP contribution in [-0.2, 0) is 17.6 Å². The smallest absolute Gasteiger partial charge is 0.231 e. The van der Waals surface area contributed by atoms with Gasteiger partial charge in [0, 0.05) is 25.6 Å². The molecule has 5 heteroatoms. The van der Waals surface area contributed by atoms with Crippen LogP contribution in [0.2, 0.25) is 0 Å². The minimum atomic E-state index is 0.122. The summed E-state index contributed by atoms with van der Waals surface area (Å²) < 4.78 is 0. The predicted octanol–water partition coefficient (Wildman–Crippen LogP) is 2.05. The van der Waals surface area contributed by atoms with E-state index in [4.69, 9.17) is 5.26 Å².